The van der Waals surface area contributed by atoms with E-state index < -0.39 is 18.6 Å². The Hall–Kier alpha value is -3.88. The number of aromatic nitrogens is 1. The topological polar surface area (TPSA) is 93.8 Å². The number of anilines is 2. The number of nitrogens with two attached hydrogens (primary N) is 1. The Morgan fingerprint density at radius 2 is 1.91 bits per heavy atom. The monoisotopic (exact) mass is 637 g/mol. The minimum atomic E-state index is -4.41. The van der Waals surface area contributed by atoms with E-state index >= 15 is 0 Å². The summed E-state index contributed by atoms with van der Waals surface area (Å²) in [5, 5.41) is 7.50. The number of hydrogen-bond donors (Lipinski definition) is 3. The maximum atomic E-state index is 13.7. The second kappa shape index (κ2) is 12.7. The number of halogens is 3. The van der Waals surface area contributed by atoms with Crippen LogP contribution < -0.4 is 21.1 Å². The second-order valence-electron chi connectivity index (χ2n) is 13.3. The first kappa shape index (κ1) is 32.1. The third-order valence-corrected chi connectivity index (χ3v) is 10.00. The summed E-state index contributed by atoms with van der Waals surface area (Å²) in [5.41, 5.74) is 8.36. The molecule has 3 heterocycles. The Labute approximate surface area is 267 Å². The molecule has 1 amide bonds. The van der Waals surface area contributed by atoms with Crippen LogP contribution in [-0.2, 0) is 11.3 Å². The Bertz CT molecular complexity index is 1630. The number of nitrogens with one attached hydrogen (secondary N) is 2. The van der Waals surface area contributed by atoms with Gasteiger partial charge in [-0.1, -0.05) is 12.0 Å². The van der Waals surface area contributed by atoms with Gasteiger partial charge in [0.2, 0.25) is 5.91 Å². The lowest BCUT2D eigenvalue weighted by molar-refractivity contribution is -0.143. The van der Waals surface area contributed by atoms with Crippen LogP contribution in [0.3, 0.4) is 0 Å². The maximum Gasteiger partial charge on any atom is 0.406 e. The smallest absolute Gasteiger partial charge is 0.406 e. The largest absolute Gasteiger partial charge is 0.495 e. The quantitative estimate of drug-likeness (QED) is 0.263. The molecule has 6 rings (SSSR count). The highest BCUT2D eigenvalue weighted by atomic mass is 19.4. The van der Waals surface area contributed by atoms with Gasteiger partial charge in [0, 0.05) is 53.3 Å². The van der Waals surface area contributed by atoms with E-state index in [-0.39, 0.29) is 23.8 Å². The molecule has 2 aromatic carbocycles. The summed E-state index contributed by atoms with van der Waals surface area (Å²) in [7, 11) is 1.47. The minimum Gasteiger partial charge on any atom is -0.495 e. The number of rotatable bonds is 8. The highest BCUT2D eigenvalue weighted by molar-refractivity contribution is 5.94. The van der Waals surface area contributed by atoms with Gasteiger partial charge in [-0.05, 0) is 87.8 Å². The predicted molar refractivity (Wildman–Crippen MR) is 173 cm³/mol. The number of ether oxygens (including phenoxy) is 2. The zero-order valence-corrected chi connectivity index (χ0v) is 26.4. The fourth-order valence-corrected chi connectivity index (χ4v) is 7.35. The summed E-state index contributed by atoms with van der Waals surface area (Å²) >= 11 is 0. The molecule has 8 nitrogen and oxygen atoms in total. The second-order valence-corrected chi connectivity index (χ2v) is 13.3. The van der Waals surface area contributed by atoms with E-state index in [0.717, 1.165) is 69.5 Å². The van der Waals surface area contributed by atoms with Crippen LogP contribution in [0, 0.1) is 17.3 Å². The fraction of sp³-hybridized carbons (Fsp3) is 0.514. The predicted octanol–water partition coefficient (Wildman–Crippen LogP) is 6.00. The summed E-state index contributed by atoms with van der Waals surface area (Å²) in [4.78, 5) is 14.1. The number of methoxy groups -OCH3 is 1. The summed E-state index contributed by atoms with van der Waals surface area (Å²) in [6.07, 6.45) is 2.15. The van der Waals surface area contributed by atoms with Gasteiger partial charge < -0.3 is 30.4 Å². The standard InChI is InChI=1S/C35H42F3N5O3/c1-33(42-20-34(21-42)13-5-17-46-23-34)14-11-25(12-15-33)41-28-7-3-8-30-27(28)19-26(43(30)22-35(36,37)38)6-4-16-40-29-10-9-24(32(39)44)18-31(29)45-2/h3,7-10,18-19,25,40-41H,5,11-17,20-23H2,1-2H3,(H2,39,44). The first-order valence-electron chi connectivity index (χ1n) is 16.0. The molecule has 0 atom stereocenters. The van der Waals surface area contributed by atoms with Crippen LogP contribution in [-0.4, -0.2) is 73.1 Å². The third-order valence-electron chi connectivity index (χ3n) is 10.00. The fourth-order valence-electron chi connectivity index (χ4n) is 7.35. The van der Waals surface area contributed by atoms with Crippen molar-refractivity contribution in [2.24, 2.45) is 11.1 Å². The summed E-state index contributed by atoms with van der Waals surface area (Å²) in [6.45, 7) is 5.38. The van der Waals surface area contributed by atoms with Crippen molar-refractivity contribution in [2.75, 3.05) is 50.6 Å². The minimum absolute atomic E-state index is 0.150. The number of nitrogens with zero attached hydrogens (tertiary/aromatic N) is 2. The van der Waals surface area contributed by atoms with Gasteiger partial charge >= 0.3 is 6.18 Å². The van der Waals surface area contributed by atoms with E-state index in [4.69, 9.17) is 15.2 Å². The molecular weight excluding hydrogens is 595 g/mol. The Morgan fingerprint density at radius 1 is 1.13 bits per heavy atom. The molecule has 11 heteroatoms. The van der Waals surface area contributed by atoms with Crippen molar-refractivity contribution in [3.05, 3.63) is 53.7 Å². The van der Waals surface area contributed by atoms with E-state index in [9.17, 15) is 18.0 Å². The summed E-state index contributed by atoms with van der Waals surface area (Å²) in [5.74, 6) is 5.73. The molecule has 1 aliphatic carbocycles. The Morgan fingerprint density at radius 3 is 2.59 bits per heavy atom. The number of alkyl halides is 3. The molecule has 1 aromatic heterocycles. The van der Waals surface area contributed by atoms with Gasteiger partial charge in [0.15, 0.2) is 0 Å². The van der Waals surface area contributed by atoms with Crippen molar-refractivity contribution in [3.8, 4) is 17.6 Å². The number of likely N-dealkylation sites (tertiary alicyclic amines) is 1. The number of carbonyl (C=O) groups is 1. The first-order valence-corrected chi connectivity index (χ1v) is 16.0. The van der Waals surface area contributed by atoms with Gasteiger partial charge in [0.25, 0.3) is 0 Å². The number of fused-ring (bicyclic) bond motifs is 1. The van der Waals surface area contributed by atoms with Crippen molar-refractivity contribution in [3.63, 3.8) is 0 Å². The lowest BCUT2D eigenvalue weighted by Gasteiger charge is -2.60. The van der Waals surface area contributed by atoms with Gasteiger partial charge in [-0.3, -0.25) is 9.69 Å². The van der Waals surface area contributed by atoms with Crippen LogP contribution in [0.5, 0.6) is 5.75 Å². The van der Waals surface area contributed by atoms with Crippen molar-refractivity contribution in [1.29, 1.82) is 0 Å². The molecule has 0 unspecified atom stereocenters. The number of carbonyl (C=O) groups excluding carboxylic acids is 1. The van der Waals surface area contributed by atoms with E-state index in [2.05, 4.69) is 34.3 Å². The molecule has 1 spiro atoms. The van der Waals surface area contributed by atoms with E-state index in [1.54, 1.807) is 30.3 Å². The van der Waals surface area contributed by atoms with Crippen molar-refractivity contribution >= 4 is 28.2 Å². The van der Waals surface area contributed by atoms with Gasteiger partial charge in [0.05, 0.1) is 37.2 Å². The molecule has 0 radical (unpaired) electrons. The van der Waals surface area contributed by atoms with Crippen molar-refractivity contribution in [1.82, 2.24) is 9.47 Å². The third kappa shape index (κ3) is 6.79. The lowest BCUT2D eigenvalue weighted by atomic mass is 9.69. The zero-order valence-electron chi connectivity index (χ0n) is 26.4. The van der Waals surface area contributed by atoms with Gasteiger partial charge in [-0.15, -0.1) is 0 Å². The van der Waals surface area contributed by atoms with Crippen molar-refractivity contribution in [2.45, 2.75) is 69.8 Å². The van der Waals surface area contributed by atoms with Crippen LogP contribution in [0.15, 0.2) is 42.5 Å². The zero-order chi connectivity index (χ0) is 32.5. The van der Waals surface area contributed by atoms with E-state index in [1.807, 2.05) is 6.07 Å². The van der Waals surface area contributed by atoms with Gasteiger partial charge in [-0.25, -0.2) is 0 Å². The van der Waals surface area contributed by atoms with Crippen LogP contribution in [0.4, 0.5) is 24.5 Å². The number of hydrogen-bond acceptors (Lipinski definition) is 6. The molecule has 46 heavy (non-hydrogen) atoms. The molecule has 246 valence electrons. The molecule has 4 N–H and O–H groups in total. The number of primary amides is 1. The highest BCUT2D eigenvalue weighted by Crippen LogP contribution is 2.46. The number of amides is 1. The molecule has 2 aliphatic heterocycles. The molecule has 3 aromatic rings. The average molecular weight is 638 g/mol. The van der Waals surface area contributed by atoms with E-state index in [1.165, 1.54) is 24.2 Å². The van der Waals surface area contributed by atoms with Crippen LogP contribution in [0.1, 0.15) is 61.5 Å². The van der Waals surface area contributed by atoms with Crippen LogP contribution in [0.2, 0.25) is 0 Å². The summed E-state index contributed by atoms with van der Waals surface area (Å²) < 4.78 is 53.5. The molecule has 3 aliphatic rings. The molecule has 1 saturated carbocycles. The molecular formula is C35H42F3N5O3. The van der Waals surface area contributed by atoms with Crippen molar-refractivity contribution < 1.29 is 27.4 Å². The SMILES string of the molecule is COc1cc(C(N)=O)ccc1NCC#Cc1cc2c(NC3CCC(C)(N4CC5(CCCOC5)C4)CC3)cccc2n1CC(F)(F)F. The molecule has 0 bridgehead atoms. The number of benzene rings is 2. The summed E-state index contributed by atoms with van der Waals surface area (Å²) in [6, 6.07) is 12.2. The maximum absolute atomic E-state index is 13.7. The van der Waals surface area contributed by atoms with Crippen LogP contribution >= 0.6 is 0 Å². The van der Waals surface area contributed by atoms with Gasteiger partial charge in [-0.2, -0.15) is 13.2 Å². The van der Waals surface area contributed by atoms with E-state index in [0.29, 0.717) is 27.9 Å². The molecule has 2 saturated heterocycles. The average Bonchev–Trinajstić information content (AvgIpc) is 3.36. The Balaban J connectivity index is 1.15. The molecule has 3 fully saturated rings. The van der Waals surface area contributed by atoms with Crippen LogP contribution in [0.25, 0.3) is 10.9 Å². The normalized spacial score (nSPS) is 22.9. The first-order chi connectivity index (χ1) is 22.0. The van der Waals surface area contributed by atoms with Gasteiger partial charge in [0.1, 0.15) is 12.3 Å². The lowest BCUT2D eigenvalue weighted by Crippen LogP contribution is -2.67. The highest BCUT2D eigenvalue weighted by Gasteiger charge is 2.51. The Kier molecular flexibility index (Phi) is 8.87.